The number of unbranched alkanes of at least 4 members (excludes halogenated alkanes) is 3. The maximum atomic E-state index is 13.2. The van der Waals surface area contributed by atoms with Crippen LogP contribution in [0.3, 0.4) is 0 Å². The largest absolute Gasteiger partial charge is 0.497 e. The molecule has 0 aliphatic carbocycles. The molecule has 4 aromatic carbocycles. The van der Waals surface area contributed by atoms with E-state index in [4.69, 9.17) is 9.47 Å². The predicted octanol–water partition coefficient (Wildman–Crippen LogP) is 7.41. The highest BCUT2D eigenvalue weighted by atomic mass is 16.5. The van der Waals surface area contributed by atoms with E-state index >= 15 is 0 Å². The fourth-order valence-corrected chi connectivity index (χ4v) is 4.39. The number of benzene rings is 4. The highest BCUT2D eigenvalue weighted by Gasteiger charge is 2.14. The Balaban J connectivity index is 1.27. The third-order valence-corrected chi connectivity index (χ3v) is 7.08. The average Bonchev–Trinajstić information content (AvgIpc) is 3.15. The van der Waals surface area contributed by atoms with Crippen LogP contribution in [0.15, 0.2) is 129 Å². The van der Waals surface area contributed by atoms with Gasteiger partial charge in [-0.2, -0.15) is 10.2 Å². The van der Waals surface area contributed by atoms with Crippen LogP contribution in [0.2, 0.25) is 0 Å². The van der Waals surface area contributed by atoms with Gasteiger partial charge in [-0.3, -0.25) is 30.4 Å². The fraction of sp³-hybridized carbons (Fsp3) is 0.211. The Hall–Kier alpha value is -5.90. The highest BCUT2D eigenvalue weighted by molar-refractivity contribution is 6.65. The molecule has 0 aliphatic rings. The van der Waals surface area contributed by atoms with Gasteiger partial charge in [0, 0.05) is 24.2 Å². The maximum absolute atomic E-state index is 13.2. The number of rotatable bonds is 19. The SMILES string of the molecule is COc1ccc(C(=O)C(C=NCCCCCCN=CC(=NNc2ccccc2)C(=O)c2ccc(OC)cc2)=NNc2ccccc2)cc1. The summed E-state index contributed by atoms with van der Waals surface area (Å²) < 4.78 is 10.4. The summed E-state index contributed by atoms with van der Waals surface area (Å²) in [6.07, 6.45) is 6.62. The summed E-state index contributed by atoms with van der Waals surface area (Å²) in [5, 5.41) is 8.68. The lowest BCUT2D eigenvalue weighted by atomic mass is 10.1. The van der Waals surface area contributed by atoms with Gasteiger partial charge in [0.2, 0.25) is 11.6 Å². The number of ether oxygens (including phenoxy) is 2. The highest BCUT2D eigenvalue weighted by Crippen LogP contribution is 2.14. The zero-order chi connectivity index (χ0) is 33.8. The van der Waals surface area contributed by atoms with E-state index in [0.717, 1.165) is 37.1 Å². The fourth-order valence-electron chi connectivity index (χ4n) is 4.39. The Morgan fingerprint density at radius 3 is 1.27 bits per heavy atom. The molecule has 0 aromatic heterocycles. The second-order valence-electron chi connectivity index (χ2n) is 10.5. The van der Waals surface area contributed by atoms with Crippen LogP contribution in [0.25, 0.3) is 0 Å². The number of hydrogen-bond acceptors (Lipinski definition) is 10. The van der Waals surface area contributed by atoms with Gasteiger partial charge in [0.15, 0.2) is 0 Å². The van der Waals surface area contributed by atoms with Crippen LogP contribution in [0, 0.1) is 0 Å². The van der Waals surface area contributed by atoms with Crippen LogP contribution in [0.4, 0.5) is 11.4 Å². The molecule has 4 aromatic rings. The van der Waals surface area contributed by atoms with Gasteiger partial charge in [-0.15, -0.1) is 0 Å². The number of nitrogens with one attached hydrogen (secondary N) is 2. The molecule has 0 spiro atoms. The van der Waals surface area contributed by atoms with E-state index in [1.54, 1.807) is 62.8 Å². The molecule has 48 heavy (non-hydrogen) atoms. The van der Waals surface area contributed by atoms with Gasteiger partial charge < -0.3 is 9.47 Å². The van der Waals surface area contributed by atoms with Gasteiger partial charge in [-0.05, 0) is 85.6 Å². The number of nitrogens with zero attached hydrogens (tertiary/aromatic N) is 4. The minimum absolute atomic E-state index is 0.210. The summed E-state index contributed by atoms with van der Waals surface area (Å²) in [6, 6.07) is 32.6. The number of ketones is 2. The summed E-state index contributed by atoms with van der Waals surface area (Å²) in [7, 11) is 3.16. The molecule has 0 radical (unpaired) electrons. The average molecular weight is 645 g/mol. The summed E-state index contributed by atoms with van der Waals surface area (Å²) in [4.78, 5) is 35.3. The van der Waals surface area contributed by atoms with Gasteiger partial charge in [0.25, 0.3) is 0 Å². The molecule has 10 nitrogen and oxygen atoms in total. The van der Waals surface area contributed by atoms with Crippen molar-refractivity contribution in [3.8, 4) is 11.5 Å². The molecule has 10 heteroatoms. The Labute approximate surface area is 281 Å². The number of anilines is 2. The summed E-state index contributed by atoms with van der Waals surface area (Å²) in [6.45, 7) is 1.11. The molecule has 0 amide bonds. The van der Waals surface area contributed by atoms with E-state index in [1.165, 1.54) is 12.4 Å². The zero-order valence-corrected chi connectivity index (χ0v) is 27.2. The minimum atomic E-state index is -0.241. The molecule has 2 N–H and O–H groups in total. The summed E-state index contributed by atoms with van der Waals surface area (Å²) in [5.41, 5.74) is 8.83. The topological polar surface area (TPSA) is 126 Å². The Kier molecular flexibility index (Phi) is 14.3. The van der Waals surface area contributed by atoms with E-state index in [0.29, 0.717) is 35.7 Å². The van der Waals surface area contributed by atoms with Crippen LogP contribution in [-0.4, -0.2) is 62.7 Å². The van der Waals surface area contributed by atoms with E-state index in [2.05, 4.69) is 31.0 Å². The number of para-hydroxylation sites is 2. The van der Waals surface area contributed by atoms with Gasteiger partial charge in [0.1, 0.15) is 22.9 Å². The van der Waals surface area contributed by atoms with Crippen molar-refractivity contribution >= 4 is 46.8 Å². The van der Waals surface area contributed by atoms with E-state index in [-0.39, 0.29) is 23.0 Å². The van der Waals surface area contributed by atoms with Gasteiger partial charge in [-0.25, -0.2) is 0 Å². The number of hydrazone groups is 2. The lowest BCUT2D eigenvalue weighted by molar-refractivity contribution is 0.106. The van der Waals surface area contributed by atoms with Gasteiger partial charge >= 0.3 is 0 Å². The van der Waals surface area contributed by atoms with Crippen LogP contribution in [-0.2, 0) is 0 Å². The van der Waals surface area contributed by atoms with Crippen molar-refractivity contribution in [3.63, 3.8) is 0 Å². The van der Waals surface area contributed by atoms with Crippen molar-refractivity contribution in [3.05, 3.63) is 120 Å². The monoisotopic (exact) mass is 644 g/mol. The molecule has 4 rings (SSSR count). The Bertz CT molecular complexity index is 1570. The van der Waals surface area contributed by atoms with Crippen molar-refractivity contribution in [2.45, 2.75) is 25.7 Å². The van der Waals surface area contributed by atoms with Crippen molar-refractivity contribution in [2.24, 2.45) is 20.2 Å². The van der Waals surface area contributed by atoms with Crippen molar-refractivity contribution in [1.29, 1.82) is 0 Å². The zero-order valence-electron chi connectivity index (χ0n) is 27.2. The predicted molar refractivity (Wildman–Crippen MR) is 195 cm³/mol. The molecule has 0 atom stereocenters. The quantitative estimate of drug-likeness (QED) is 0.0474. The number of aliphatic imine (C=N–C) groups is 2. The molecular weight excluding hydrogens is 604 g/mol. The third-order valence-electron chi connectivity index (χ3n) is 7.08. The number of Topliss-reactive ketones (excluding diaryl/α,β-unsaturated/α-hetero) is 2. The molecule has 0 saturated carbocycles. The second kappa shape index (κ2) is 19.6. The third kappa shape index (κ3) is 11.5. The molecule has 0 heterocycles. The van der Waals surface area contributed by atoms with Gasteiger partial charge in [0.05, 0.1) is 38.0 Å². The first-order valence-corrected chi connectivity index (χ1v) is 15.7. The molecule has 0 fully saturated rings. The maximum Gasteiger partial charge on any atom is 0.214 e. The molecule has 0 unspecified atom stereocenters. The van der Waals surface area contributed by atoms with E-state index in [1.807, 2.05) is 60.7 Å². The number of carbonyl (C=O) groups excluding carboxylic acids is 2. The molecule has 0 bridgehead atoms. The van der Waals surface area contributed by atoms with Crippen LogP contribution in [0.5, 0.6) is 11.5 Å². The normalized spacial score (nSPS) is 11.9. The first-order valence-electron chi connectivity index (χ1n) is 15.7. The lowest BCUT2D eigenvalue weighted by Crippen LogP contribution is -2.18. The van der Waals surface area contributed by atoms with E-state index < -0.39 is 0 Å². The van der Waals surface area contributed by atoms with Gasteiger partial charge in [-0.1, -0.05) is 49.2 Å². The van der Waals surface area contributed by atoms with Crippen molar-refractivity contribution in [1.82, 2.24) is 0 Å². The first-order chi connectivity index (χ1) is 23.6. The van der Waals surface area contributed by atoms with Crippen LogP contribution < -0.4 is 20.3 Å². The number of methoxy groups -OCH3 is 2. The van der Waals surface area contributed by atoms with Crippen molar-refractivity contribution in [2.75, 3.05) is 38.2 Å². The molecule has 0 saturated heterocycles. The lowest BCUT2D eigenvalue weighted by Gasteiger charge is -2.05. The molecule has 246 valence electrons. The second-order valence-corrected chi connectivity index (χ2v) is 10.5. The van der Waals surface area contributed by atoms with Crippen LogP contribution >= 0.6 is 0 Å². The van der Waals surface area contributed by atoms with Crippen molar-refractivity contribution < 1.29 is 19.1 Å². The Morgan fingerprint density at radius 1 is 0.542 bits per heavy atom. The number of hydrogen-bond donors (Lipinski definition) is 2. The molecular formula is C38H40N6O4. The molecule has 0 aliphatic heterocycles. The smallest absolute Gasteiger partial charge is 0.214 e. The number of carbonyl (C=O) groups is 2. The van der Waals surface area contributed by atoms with Crippen LogP contribution in [0.1, 0.15) is 46.4 Å². The summed E-state index contributed by atoms with van der Waals surface area (Å²) in [5.74, 6) is 0.857. The van der Waals surface area contributed by atoms with E-state index in [9.17, 15) is 9.59 Å². The summed E-state index contributed by atoms with van der Waals surface area (Å²) >= 11 is 0. The standard InChI is InChI=1S/C38H40N6O4/c1-47-33-21-17-29(18-22-33)37(45)35(43-41-31-13-7-5-8-14-31)27-39-25-11-3-4-12-26-40-28-36(44-42-32-15-9-6-10-16-32)38(46)30-19-23-34(48-2)24-20-30/h5-10,13-24,27-28,41-42H,3-4,11-12,25-26H2,1-2H3. The first kappa shape index (κ1) is 35.0. The minimum Gasteiger partial charge on any atom is -0.497 e. The Morgan fingerprint density at radius 2 is 0.917 bits per heavy atom.